The SMILES string of the molecule is COCCCCc1cc(-n2cc(C)c3c2CC(C)(COCc2ccccc2)CC3=O)ccc1C(N)=O. The van der Waals surface area contributed by atoms with E-state index in [1.54, 1.807) is 13.2 Å². The predicted molar refractivity (Wildman–Crippen MR) is 141 cm³/mol. The van der Waals surface area contributed by atoms with Gasteiger partial charge in [-0.1, -0.05) is 37.3 Å². The average Bonchev–Trinajstić information content (AvgIpc) is 3.18. The molecule has 1 aliphatic rings. The third kappa shape index (κ3) is 5.77. The summed E-state index contributed by atoms with van der Waals surface area (Å²) in [5.74, 6) is -0.265. The summed E-state index contributed by atoms with van der Waals surface area (Å²) in [5, 5.41) is 0. The van der Waals surface area contributed by atoms with Crippen molar-refractivity contribution in [2.45, 2.75) is 52.6 Å². The van der Waals surface area contributed by atoms with Gasteiger partial charge in [0.2, 0.25) is 5.91 Å². The quantitative estimate of drug-likeness (QED) is 0.376. The fourth-order valence-corrected chi connectivity index (χ4v) is 5.24. The van der Waals surface area contributed by atoms with Crippen LogP contribution in [0.4, 0.5) is 0 Å². The van der Waals surface area contributed by atoms with Gasteiger partial charge in [-0.15, -0.1) is 0 Å². The second kappa shape index (κ2) is 11.2. The highest BCUT2D eigenvalue weighted by molar-refractivity contribution is 6.00. The maximum absolute atomic E-state index is 13.3. The van der Waals surface area contributed by atoms with Gasteiger partial charge in [0.05, 0.1) is 13.2 Å². The molecule has 0 aliphatic heterocycles. The number of primary amides is 1. The summed E-state index contributed by atoms with van der Waals surface area (Å²) >= 11 is 0. The molecule has 36 heavy (non-hydrogen) atoms. The Labute approximate surface area is 213 Å². The molecule has 3 aromatic rings. The predicted octanol–water partition coefficient (Wildman–Crippen LogP) is 5.21. The number of aromatic nitrogens is 1. The first-order valence-electron chi connectivity index (χ1n) is 12.6. The number of Topliss-reactive ketones (excluding diaryl/α,β-unsaturated/α-hetero) is 1. The number of amides is 1. The molecule has 2 aromatic carbocycles. The molecule has 0 saturated heterocycles. The molecule has 0 fully saturated rings. The van der Waals surface area contributed by atoms with Crippen LogP contribution in [0.3, 0.4) is 0 Å². The van der Waals surface area contributed by atoms with Crippen LogP contribution in [0.1, 0.15) is 69.3 Å². The molecule has 190 valence electrons. The molecule has 6 heteroatoms. The fraction of sp³-hybridized carbons (Fsp3) is 0.400. The molecule has 6 nitrogen and oxygen atoms in total. The highest BCUT2D eigenvalue weighted by Crippen LogP contribution is 2.39. The molecular weight excluding hydrogens is 452 g/mol. The van der Waals surface area contributed by atoms with Gasteiger partial charge in [0, 0.05) is 54.3 Å². The molecule has 1 aliphatic carbocycles. The van der Waals surface area contributed by atoms with Crippen molar-refractivity contribution in [3.8, 4) is 5.69 Å². The molecule has 1 heterocycles. The minimum atomic E-state index is -0.424. The van der Waals surface area contributed by atoms with Gasteiger partial charge in [-0.25, -0.2) is 0 Å². The van der Waals surface area contributed by atoms with E-state index in [2.05, 4.69) is 11.5 Å². The molecule has 1 unspecified atom stereocenters. The zero-order chi connectivity index (χ0) is 25.7. The highest BCUT2D eigenvalue weighted by atomic mass is 16.5. The van der Waals surface area contributed by atoms with Crippen LogP contribution in [0.5, 0.6) is 0 Å². The number of nitrogens with two attached hydrogens (primary N) is 1. The number of hydrogen-bond acceptors (Lipinski definition) is 4. The topological polar surface area (TPSA) is 83.6 Å². The van der Waals surface area contributed by atoms with Crippen molar-refractivity contribution in [1.29, 1.82) is 0 Å². The van der Waals surface area contributed by atoms with E-state index in [-0.39, 0.29) is 11.2 Å². The number of benzene rings is 2. The molecule has 0 bridgehead atoms. The average molecular weight is 489 g/mol. The first-order chi connectivity index (χ1) is 17.3. The lowest BCUT2D eigenvalue weighted by Gasteiger charge is -2.33. The van der Waals surface area contributed by atoms with E-state index in [1.165, 1.54) is 0 Å². The van der Waals surface area contributed by atoms with Gasteiger partial charge in [-0.05, 0) is 67.5 Å². The van der Waals surface area contributed by atoms with Crippen molar-refractivity contribution in [2.24, 2.45) is 11.1 Å². The number of fused-ring (bicyclic) bond motifs is 1. The van der Waals surface area contributed by atoms with E-state index in [0.717, 1.165) is 59.3 Å². The van der Waals surface area contributed by atoms with Crippen LogP contribution in [0, 0.1) is 12.3 Å². The number of carbonyl (C=O) groups is 2. The molecule has 0 saturated carbocycles. The smallest absolute Gasteiger partial charge is 0.248 e. The lowest BCUT2D eigenvalue weighted by Crippen LogP contribution is -2.34. The van der Waals surface area contributed by atoms with Gasteiger partial charge in [-0.3, -0.25) is 9.59 Å². The summed E-state index contributed by atoms with van der Waals surface area (Å²) in [7, 11) is 1.69. The Morgan fingerprint density at radius 1 is 1.11 bits per heavy atom. The van der Waals surface area contributed by atoms with Crippen LogP contribution < -0.4 is 5.73 Å². The molecule has 4 rings (SSSR count). The lowest BCUT2D eigenvalue weighted by atomic mass is 9.74. The van der Waals surface area contributed by atoms with Crippen molar-refractivity contribution in [1.82, 2.24) is 4.57 Å². The summed E-state index contributed by atoms with van der Waals surface area (Å²) in [5.41, 5.74) is 11.7. The number of hydrogen-bond donors (Lipinski definition) is 1. The number of ketones is 1. The van der Waals surface area contributed by atoms with Crippen LogP contribution in [-0.2, 0) is 28.9 Å². The molecule has 1 aromatic heterocycles. The van der Waals surface area contributed by atoms with Gasteiger partial charge < -0.3 is 19.8 Å². The maximum Gasteiger partial charge on any atom is 0.248 e. The maximum atomic E-state index is 13.3. The van der Waals surface area contributed by atoms with Gasteiger partial charge in [0.15, 0.2) is 5.78 Å². The third-order valence-corrected chi connectivity index (χ3v) is 7.00. The second-order valence-corrected chi connectivity index (χ2v) is 10.2. The van der Waals surface area contributed by atoms with Gasteiger partial charge in [-0.2, -0.15) is 0 Å². The van der Waals surface area contributed by atoms with Crippen molar-refractivity contribution >= 4 is 11.7 Å². The number of ether oxygens (including phenoxy) is 2. The Balaban J connectivity index is 1.59. The molecule has 0 spiro atoms. The van der Waals surface area contributed by atoms with E-state index < -0.39 is 5.91 Å². The Morgan fingerprint density at radius 3 is 2.61 bits per heavy atom. The number of aryl methyl sites for hydroxylation is 2. The van der Waals surface area contributed by atoms with Crippen LogP contribution in [0.25, 0.3) is 5.69 Å². The summed E-state index contributed by atoms with van der Waals surface area (Å²) in [6.45, 7) is 5.83. The monoisotopic (exact) mass is 488 g/mol. The van der Waals surface area contributed by atoms with Crippen molar-refractivity contribution in [3.05, 3.63) is 88.2 Å². The number of rotatable bonds is 11. The minimum absolute atomic E-state index is 0.159. The van der Waals surface area contributed by atoms with E-state index in [0.29, 0.717) is 31.8 Å². The fourth-order valence-electron chi connectivity index (χ4n) is 5.24. The number of unbranched alkanes of at least 4 members (excludes halogenated alkanes) is 1. The normalized spacial score (nSPS) is 17.2. The van der Waals surface area contributed by atoms with Crippen LogP contribution in [-0.4, -0.2) is 36.6 Å². The second-order valence-electron chi connectivity index (χ2n) is 10.2. The summed E-state index contributed by atoms with van der Waals surface area (Å²) in [6, 6.07) is 15.8. The first-order valence-corrected chi connectivity index (χ1v) is 12.6. The summed E-state index contributed by atoms with van der Waals surface area (Å²) in [4.78, 5) is 25.3. The summed E-state index contributed by atoms with van der Waals surface area (Å²) < 4.78 is 13.4. The van der Waals surface area contributed by atoms with E-state index in [4.69, 9.17) is 15.2 Å². The number of nitrogens with zero attached hydrogens (tertiary/aromatic N) is 1. The van der Waals surface area contributed by atoms with E-state index in [9.17, 15) is 9.59 Å². The Bertz CT molecular complexity index is 1230. The van der Waals surface area contributed by atoms with E-state index >= 15 is 0 Å². The van der Waals surface area contributed by atoms with Crippen LogP contribution in [0.15, 0.2) is 54.7 Å². The van der Waals surface area contributed by atoms with Gasteiger partial charge in [0.25, 0.3) is 0 Å². The summed E-state index contributed by atoms with van der Waals surface area (Å²) in [6.07, 6.45) is 5.78. The van der Waals surface area contributed by atoms with Crippen molar-refractivity contribution in [3.63, 3.8) is 0 Å². The van der Waals surface area contributed by atoms with Crippen molar-refractivity contribution < 1.29 is 19.1 Å². The highest BCUT2D eigenvalue weighted by Gasteiger charge is 2.38. The third-order valence-electron chi connectivity index (χ3n) is 7.00. The molecule has 1 amide bonds. The Hall–Kier alpha value is -3.22. The minimum Gasteiger partial charge on any atom is -0.385 e. The standard InChI is InChI=1S/C30H36N2O4/c1-21-18-32(24-12-13-25(29(31)34)23(15-24)11-7-8-14-35-3)26-16-30(2,17-27(33)28(21)26)20-36-19-22-9-5-4-6-10-22/h4-6,9-10,12-13,15,18H,7-8,11,14,16-17,19-20H2,1-3H3,(H2,31,34). The zero-order valence-electron chi connectivity index (χ0n) is 21.5. The lowest BCUT2D eigenvalue weighted by molar-refractivity contribution is 0.0328. The Kier molecular flexibility index (Phi) is 8.07. The van der Waals surface area contributed by atoms with Gasteiger partial charge in [0.1, 0.15) is 0 Å². The number of methoxy groups -OCH3 is 1. The van der Waals surface area contributed by atoms with Crippen LogP contribution >= 0.6 is 0 Å². The molecule has 2 N–H and O–H groups in total. The zero-order valence-corrected chi connectivity index (χ0v) is 21.5. The molecule has 0 radical (unpaired) electrons. The molecular formula is C30H36N2O4. The largest absolute Gasteiger partial charge is 0.385 e. The van der Waals surface area contributed by atoms with E-state index in [1.807, 2.05) is 55.6 Å². The molecule has 1 atom stereocenters. The van der Waals surface area contributed by atoms with Crippen LogP contribution in [0.2, 0.25) is 0 Å². The first kappa shape index (κ1) is 25.9. The van der Waals surface area contributed by atoms with Gasteiger partial charge >= 0.3 is 0 Å². The Morgan fingerprint density at radius 2 is 1.89 bits per heavy atom. The number of carbonyl (C=O) groups excluding carboxylic acids is 2. The van der Waals surface area contributed by atoms with Crippen molar-refractivity contribution in [2.75, 3.05) is 20.3 Å².